The number of carboxylic acids is 1. The van der Waals surface area contributed by atoms with Gasteiger partial charge in [-0.15, -0.1) is 0 Å². The first-order valence-electron chi connectivity index (χ1n) is 16.4. The lowest BCUT2D eigenvalue weighted by Gasteiger charge is -2.23. The molecule has 5 amide bonds. The molecule has 0 fully saturated rings. The number of carbonyl (C=O) groups is 6. The van der Waals surface area contributed by atoms with Gasteiger partial charge in [-0.25, -0.2) is 9.79 Å². The second-order valence-electron chi connectivity index (χ2n) is 11.5. The molecule has 0 spiro atoms. The van der Waals surface area contributed by atoms with Gasteiger partial charge >= 0.3 is 12.1 Å². The number of aliphatic imine (C=N–C) groups is 1. The van der Waals surface area contributed by atoms with Gasteiger partial charge in [-0.2, -0.15) is 13.2 Å². The molecule has 0 unspecified atom stereocenters. The summed E-state index contributed by atoms with van der Waals surface area (Å²) >= 11 is 0. The quantitative estimate of drug-likeness (QED) is 0.0743. The van der Waals surface area contributed by atoms with E-state index >= 15 is 0 Å². The number of amides is 5. The van der Waals surface area contributed by atoms with E-state index in [2.05, 4.69) is 31.6 Å². The van der Waals surface area contributed by atoms with Crippen LogP contribution in [0.2, 0.25) is 0 Å². The third-order valence-corrected chi connectivity index (χ3v) is 7.18. The number of ether oxygens (including phenoxy) is 1. The molecule has 18 nitrogen and oxygen atoms in total. The number of halogens is 3. The van der Waals surface area contributed by atoms with Gasteiger partial charge in [0.15, 0.2) is 5.96 Å². The molecule has 0 aromatic heterocycles. The van der Waals surface area contributed by atoms with Gasteiger partial charge in [-0.1, -0.05) is 24.3 Å². The molecule has 2 bridgehead atoms. The van der Waals surface area contributed by atoms with Gasteiger partial charge in [-0.05, 0) is 62.7 Å². The number of nitrogens with two attached hydrogens (primary N) is 4. The first-order chi connectivity index (χ1) is 24.6. The molecular formula is C31H49F3N10O8. The summed E-state index contributed by atoms with van der Waals surface area (Å²) in [6, 6.07) is 4.25. The average molecular weight is 747 g/mol. The SMILES string of the molecule is NCCCC[C@@H]1NC(=O)CNC(=O)Cc2cccc(c2)CNC(=O)[C@H](N=C(N)N)CCOCNC(=O)[C@H](CCCCN)NC1=O.O=C(O)C(F)(F)F. The Kier molecular flexibility index (Phi) is 21.0. The molecule has 14 N–H and O–H groups in total. The van der Waals surface area contributed by atoms with E-state index in [1.165, 1.54) is 0 Å². The lowest BCUT2D eigenvalue weighted by Crippen LogP contribution is -2.55. The van der Waals surface area contributed by atoms with E-state index in [0.717, 1.165) is 5.56 Å². The van der Waals surface area contributed by atoms with E-state index in [9.17, 15) is 37.1 Å². The summed E-state index contributed by atoms with van der Waals surface area (Å²) in [7, 11) is 0. The number of hydrogen-bond donors (Lipinski definition) is 10. The van der Waals surface area contributed by atoms with Gasteiger partial charge in [0.25, 0.3) is 0 Å². The van der Waals surface area contributed by atoms with Crippen molar-refractivity contribution in [3.8, 4) is 0 Å². The number of hydrogen-bond acceptors (Lipinski definition) is 10. The van der Waals surface area contributed by atoms with Gasteiger partial charge in [0.2, 0.25) is 29.5 Å². The Balaban J connectivity index is 0.00000174. The Hall–Kier alpha value is -5.02. The van der Waals surface area contributed by atoms with E-state index in [-0.39, 0.29) is 45.2 Å². The molecule has 21 heteroatoms. The summed E-state index contributed by atoms with van der Waals surface area (Å²) in [4.78, 5) is 77.4. The maximum Gasteiger partial charge on any atom is 0.490 e. The predicted molar refractivity (Wildman–Crippen MR) is 182 cm³/mol. The highest BCUT2D eigenvalue weighted by Gasteiger charge is 2.38. The number of benzene rings is 1. The molecule has 2 rings (SSSR count). The van der Waals surface area contributed by atoms with Crippen molar-refractivity contribution >= 4 is 41.5 Å². The molecule has 0 aliphatic carbocycles. The van der Waals surface area contributed by atoms with E-state index in [0.29, 0.717) is 57.2 Å². The van der Waals surface area contributed by atoms with Crippen molar-refractivity contribution in [3.05, 3.63) is 35.4 Å². The molecule has 1 aromatic carbocycles. The van der Waals surface area contributed by atoms with Crippen LogP contribution in [-0.4, -0.2) is 104 Å². The van der Waals surface area contributed by atoms with Crippen molar-refractivity contribution in [1.82, 2.24) is 26.6 Å². The molecule has 292 valence electrons. The number of alkyl halides is 3. The number of nitrogens with zero attached hydrogens (tertiary/aromatic N) is 1. The van der Waals surface area contributed by atoms with Gasteiger partial charge in [0, 0.05) is 13.0 Å². The molecule has 52 heavy (non-hydrogen) atoms. The number of guanidine groups is 1. The lowest BCUT2D eigenvalue weighted by atomic mass is 10.1. The van der Waals surface area contributed by atoms with Crippen molar-refractivity contribution in [1.29, 1.82) is 0 Å². The van der Waals surface area contributed by atoms with Crippen LogP contribution in [0, 0.1) is 0 Å². The Morgan fingerprint density at radius 3 is 2.00 bits per heavy atom. The molecule has 1 aromatic rings. The van der Waals surface area contributed by atoms with Crippen LogP contribution in [0.4, 0.5) is 13.2 Å². The van der Waals surface area contributed by atoms with Gasteiger partial charge in [0.1, 0.15) is 24.9 Å². The van der Waals surface area contributed by atoms with Crippen LogP contribution in [0.5, 0.6) is 0 Å². The number of rotatable bonds is 9. The van der Waals surface area contributed by atoms with Crippen LogP contribution < -0.4 is 49.5 Å². The topological polar surface area (TPSA) is 308 Å². The highest BCUT2D eigenvalue weighted by Crippen LogP contribution is 2.13. The summed E-state index contributed by atoms with van der Waals surface area (Å²) in [5.74, 6) is -5.45. The van der Waals surface area contributed by atoms with Crippen molar-refractivity contribution in [3.63, 3.8) is 0 Å². The third-order valence-electron chi connectivity index (χ3n) is 7.18. The van der Waals surface area contributed by atoms with E-state index in [1.54, 1.807) is 24.3 Å². The highest BCUT2D eigenvalue weighted by atomic mass is 19.4. The van der Waals surface area contributed by atoms with Crippen LogP contribution in [0.15, 0.2) is 29.3 Å². The fourth-order valence-electron chi connectivity index (χ4n) is 4.57. The fraction of sp³-hybridized carbons (Fsp3) is 0.581. The second-order valence-corrected chi connectivity index (χ2v) is 11.5. The van der Waals surface area contributed by atoms with E-state index < -0.39 is 59.8 Å². The molecule has 0 saturated carbocycles. The first-order valence-corrected chi connectivity index (χ1v) is 16.4. The van der Waals surface area contributed by atoms with Gasteiger partial charge < -0.3 is 59.4 Å². The highest BCUT2D eigenvalue weighted by molar-refractivity contribution is 5.93. The minimum atomic E-state index is -5.08. The number of unbranched alkanes of at least 4 members (excludes halogenated alkanes) is 2. The van der Waals surface area contributed by atoms with E-state index in [1.807, 2.05) is 0 Å². The zero-order valence-corrected chi connectivity index (χ0v) is 28.6. The zero-order valence-electron chi connectivity index (χ0n) is 28.6. The summed E-state index contributed by atoms with van der Waals surface area (Å²) < 4.78 is 37.3. The minimum Gasteiger partial charge on any atom is -0.475 e. The average Bonchev–Trinajstić information content (AvgIpc) is 3.07. The van der Waals surface area contributed by atoms with Crippen molar-refractivity contribution in [2.24, 2.45) is 27.9 Å². The van der Waals surface area contributed by atoms with Crippen molar-refractivity contribution in [2.45, 2.75) is 82.2 Å². The molecule has 1 aliphatic rings. The number of carboxylic acid groups (broad SMARTS) is 1. The number of nitrogens with one attached hydrogen (secondary N) is 5. The zero-order chi connectivity index (χ0) is 39.1. The van der Waals surface area contributed by atoms with Gasteiger partial charge in [0.05, 0.1) is 19.6 Å². The maximum absolute atomic E-state index is 13.3. The monoisotopic (exact) mass is 746 g/mol. The predicted octanol–water partition coefficient (Wildman–Crippen LogP) is -2.04. The second kappa shape index (κ2) is 24.2. The lowest BCUT2D eigenvalue weighted by molar-refractivity contribution is -0.192. The molecule has 3 atom stereocenters. The normalized spacial score (nSPS) is 20.0. The van der Waals surface area contributed by atoms with Crippen LogP contribution >= 0.6 is 0 Å². The molecule has 0 radical (unpaired) electrons. The van der Waals surface area contributed by atoms with Crippen molar-refractivity contribution < 1.29 is 51.8 Å². The van der Waals surface area contributed by atoms with Crippen LogP contribution in [0.3, 0.4) is 0 Å². The Bertz CT molecular complexity index is 1360. The summed E-state index contributed by atoms with van der Waals surface area (Å²) in [5.41, 5.74) is 23.7. The Labute approximate surface area is 298 Å². The Morgan fingerprint density at radius 1 is 0.827 bits per heavy atom. The van der Waals surface area contributed by atoms with Gasteiger partial charge in [-0.3, -0.25) is 24.0 Å². The maximum atomic E-state index is 13.3. The molecule has 1 heterocycles. The Morgan fingerprint density at radius 2 is 1.42 bits per heavy atom. The smallest absolute Gasteiger partial charge is 0.475 e. The third kappa shape index (κ3) is 19.4. The van der Waals surface area contributed by atoms with Crippen LogP contribution in [0.1, 0.15) is 56.1 Å². The first kappa shape index (κ1) is 45.0. The summed E-state index contributed by atoms with van der Waals surface area (Å²) in [5, 5.41) is 20.5. The number of fused-ring (bicyclic) bond motifs is 2. The molecule has 1 aliphatic heterocycles. The largest absolute Gasteiger partial charge is 0.490 e. The summed E-state index contributed by atoms with van der Waals surface area (Å²) in [6.07, 6.45) is -1.95. The fourth-order valence-corrected chi connectivity index (χ4v) is 4.57. The van der Waals surface area contributed by atoms with Crippen LogP contribution in [-0.2, 0) is 46.5 Å². The summed E-state index contributed by atoms with van der Waals surface area (Å²) in [6.45, 7) is 0.493. The molecule has 0 saturated heterocycles. The standard InChI is InChI=1S/C29H48N10O6.C2HF3O2/c30-11-3-1-8-21-27(43)36-18-45-13-10-23(39-29(32)33)26(42)35-16-20-7-5-6-19(14-20)15-24(40)34-17-25(41)37-22(28(44)38-21)9-2-4-12-31;3-2(4,5)1(6)7/h5-7,14,21-23H,1-4,8-13,15-18,30-31H2,(H,34,40)(H,35,42)(H,36,43)(H,37,41)(H,38,44)(H4,32,33,39);(H,6,7)/t21-,22-,23+;/m0./s1. The number of aliphatic carboxylic acids is 1. The van der Waals surface area contributed by atoms with Crippen LogP contribution in [0.25, 0.3) is 0 Å². The van der Waals surface area contributed by atoms with E-state index in [4.69, 9.17) is 37.6 Å². The number of carbonyl (C=O) groups excluding carboxylic acids is 5. The minimum absolute atomic E-state index is 0.0109. The molecular weight excluding hydrogens is 697 g/mol. The van der Waals surface area contributed by atoms with Crippen molar-refractivity contribution in [2.75, 3.05) is 33.0 Å².